The lowest BCUT2D eigenvalue weighted by Gasteiger charge is -2.27. The summed E-state index contributed by atoms with van der Waals surface area (Å²) in [6.07, 6.45) is 0. The van der Waals surface area contributed by atoms with Gasteiger partial charge in [-0.15, -0.1) is 0 Å². The lowest BCUT2D eigenvalue weighted by molar-refractivity contribution is -0.756. The number of hydrogen-bond donors (Lipinski definition) is 3. The van der Waals surface area contributed by atoms with Gasteiger partial charge in [-0.3, -0.25) is 9.59 Å². The molecule has 0 saturated carbocycles. The van der Waals surface area contributed by atoms with Crippen LogP contribution in [0.15, 0.2) is 0 Å². The van der Waals surface area contributed by atoms with E-state index in [1.54, 1.807) is 33.0 Å². The van der Waals surface area contributed by atoms with Gasteiger partial charge in [0.15, 0.2) is 5.54 Å². The number of ketones is 1. The Labute approximate surface area is 82.7 Å². The van der Waals surface area contributed by atoms with Crippen LogP contribution in [-0.2, 0) is 9.59 Å². The average molecular weight is 201 g/mol. The normalized spacial score (nSPS) is 34.5. The molecule has 80 valence electrons. The molecule has 0 aliphatic carbocycles. The molecule has 1 heterocycles. The summed E-state index contributed by atoms with van der Waals surface area (Å²) in [5, 5.41) is 11.7. The topological polar surface area (TPSA) is 97.0 Å². The minimum Gasteiger partial charge on any atom is -0.368 e. The summed E-state index contributed by atoms with van der Waals surface area (Å²) in [5.74, 6) is -1.50. The van der Waals surface area contributed by atoms with Gasteiger partial charge < -0.3 is 16.2 Å². The summed E-state index contributed by atoms with van der Waals surface area (Å²) < 4.78 is 0. The van der Waals surface area contributed by atoms with E-state index in [0.29, 0.717) is 0 Å². The standard InChI is InChI=1S/C9H16N2O3/c1-7(2)5(12)9(14,6(10)13)8(3,4)11-7/h11,14H,1-4H3,(H2,10,13)/p+1. The lowest BCUT2D eigenvalue weighted by Crippen LogP contribution is -3.02. The number of Topliss-reactive ketones (excluding diaryl/α,β-unsaturated/α-hetero) is 1. The maximum absolute atomic E-state index is 11.8. The van der Waals surface area contributed by atoms with Gasteiger partial charge in [0.1, 0.15) is 5.54 Å². The quantitative estimate of drug-likeness (QED) is 0.424. The molecule has 0 radical (unpaired) electrons. The number of carbonyl (C=O) groups is 2. The van der Waals surface area contributed by atoms with Gasteiger partial charge in [-0.2, -0.15) is 0 Å². The van der Waals surface area contributed by atoms with Crippen molar-refractivity contribution in [2.75, 3.05) is 0 Å². The molecule has 1 fully saturated rings. The van der Waals surface area contributed by atoms with Gasteiger partial charge in [0.05, 0.1) is 0 Å². The number of primary amides is 1. The third-order valence-corrected chi connectivity index (χ3v) is 2.92. The molecular weight excluding hydrogens is 184 g/mol. The molecule has 1 aliphatic rings. The predicted octanol–water partition coefficient (Wildman–Crippen LogP) is -2.09. The summed E-state index contributed by atoms with van der Waals surface area (Å²) in [5.41, 5.74) is 1.29. The second-order valence-corrected chi connectivity index (χ2v) is 4.99. The molecule has 1 saturated heterocycles. The van der Waals surface area contributed by atoms with E-state index < -0.39 is 28.4 Å². The Morgan fingerprint density at radius 3 is 1.93 bits per heavy atom. The van der Waals surface area contributed by atoms with Crippen molar-refractivity contribution in [1.82, 2.24) is 0 Å². The molecule has 0 aromatic heterocycles. The third kappa shape index (κ3) is 1.09. The van der Waals surface area contributed by atoms with Crippen molar-refractivity contribution >= 4 is 11.7 Å². The van der Waals surface area contributed by atoms with Crippen LogP contribution in [0.1, 0.15) is 27.7 Å². The summed E-state index contributed by atoms with van der Waals surface area (Å²) in [6, 6.07) is 0. The van der Waals surface area contributed by atoms with Crippen LogP contribution < -0.4 is 11.1 Å². The second-order valence-electron chi connectivity index (χ2n) is 4.99. The van der Waals surface area contributed by atoms with Gasteiger partial charge in [-0.1, -0.05) is 0 Å². The van der Waals surface area contributed by atoms with Crippen LogP contribution in [0.25, 0.3) is 0 Å². The van der Waals surface area contributed by atoms with E-state index in [0.717, 1.165) is 0 Å². The molecule has 14 heavy (non-hydrogen) atoms. The SMILES string of the molecule is CC1(C)[NH2+]C(C)(C)C(O)(C(N)=O)C1=O. The van der Waals surface area contributed by atoms with Gasteiger partial charge in [0.2, 0.25) is 5.78 Å². The fraction of sp³-hybridized carbons (Fsp3) is 0.778. The van der Waals surface area contributed by atoms with Crippen molar-refractivity contribution in [2.45, 2.75) is 44.4 Å². The fourth-order valence-electron chi connectivity index (χ4n) is 2.26. The number of aliphatic hydroxyl groups is 1. The summed E-state index contributed by atoms with van der Waals surface area (Å²) >= 11 is 0. The largest absolute Gasteiger partial charge is 0.368 e. The Morgan fingerprint density at radius 2 is 1.79 bits per heavy atom. The molecule has 0 aromatic carbocycles. The first-order valence-corrected chi connectivity index (χ1v) is 4.50. The molecular formula is C9H17N2O3+. The average Bonchev–Trinajstić information content (AvgIpc) is 2.08. The zero-order chi connectivity index (χ0) is 11.4. The van der Waals surface area contributed by atoms with Crippen molar-refractivity contribution in [1.29, 1.82) is 0 Å². The van der Waals surface area contributed by atoms with Gasteiger partial charge in [-0.05, 0) is 27.7 Å². The molecule has 5 heteroatoms. The van der Waals surface area contributed by atoms with Gasteiger partial charge in [0, 0.05) is 0 Å². The highest BCUT2D eigenvalue weighted by molar-refractivity contribution is 6.14. The van der Waals surface area contributed by atoms with Gasteiger partial charge in [-0.25, -0.2) is 0 Å². The minimum atomic E-state index is -2.07. The maximum Gasteiger partial charge on any atom is 0.264 e. The Bertz CT molecular complexity index is 309. The van der Waals surface area contributed by atoms with Crippen LogP contribution in [0, 0.1) is 0 Å². The Balaban J connectivity index is 3.32. The number of rotatable bonds is 1. The zero-order valence-electron chi connectivity index (χ0n) is 8.92. The van der Waals surface area contributed by atoms with Crippen molar-refractivity contribution < 1.29 is 20.0 Å². The summed E-state index contributed by atoms with van der Waals surface area (Å²) in [7, 11) is 0. The number of quaternary nitrogens is 1. The summed E-state index contributed by atoms with van der Waals surface area (Å²) in [6.45, 7) is 6.59. The molecule has 1 aliphatic heterocycles. The highest BCUT2D eigenvalue weighted by Crippen LogP contribution is 2.29. The van der Waals surface area contributed by atoms with Crippen LogP contribution in [0.4, 0.5) is 0 Å². The molecule has 0 bridgehead atoms. The summed E-state index contributed by atoms with van der Waals surface area (Å²) in [4.78, 5) is 23.0. The van der Waals surface area contributed by atoms with Crippen molar-refractivity contribution in [3.63, 3.8) is 0 Å². The van der Waals surface area contributed by atoms with Crippen LogP contribution in [0.2, 0.25) is 0 Å². The number of hydrogen-bond acceptors (Lipinski definition) is 3. The van der Waals surface area contributed by atoms with E-state index in [1.165, 1.54) is 0 Å². The molecule has 1 unspecified atom stereocenters. The van der Waals surface area contributed by atoms with Crippen LogP contribution in [-0.4, -0.2) is 33.5 Å². The van der Waals surface area contributed by atoms with E-state index in [9.17, 15) is 14.7 Å². The first-order valence-electron chi connectivity index (χ1n) is 4.50. The number of carbonyl (C=O) groups excluding carboxylic acids is 2. The molecule has 1 atom stereocenters. The van der Waals surface area contributed by atoms with Gasteiger partial charge >= 0.3 is 0 Å². The molecule has 1 amide bonds. The molecule has 0 aromatic rings. The lowest BCUT2D eigenvalue weighted by atomic mass is 9.80. The minimum absolute atomic E-state index is 0.525. The Kier molecular flexibility index (Phi) is 2.03. The molecule has 0 spiro atoms. The third-order valence-electron chi connectivity index (χ3n) is 2.92. The highest BCUT2D eigenvalue weighted by Gasteiger charge is 2.69. The van der Waals surface area contributed by atoms with E-state index >= 15 is 0 Å². The molecule has 5 N–H and O–H groups in total. The predicted molar refractivity (Wildman–Crippen MR) is 49.2 cm³/mol. The van der Waals surface area contributed by atoms with E-state index in [4.69, 9.17) is 5.73 Å². The van der Waals surface area contributed by atoms with Crippen LogP contribution in [0.3, 0.4) is 0 Å². The second kappa shape index (κ2) is 2.55. The maximum atomic E-state index is 11.8. The first kappa shape index (κ1) is 11.1. The van der Waals surface area contributed by atoms with Crippen molar-refractivity contribution in [3.05, 3.63) is 0 Å². The zero-order valence-corrected chi connectivity index (χ0v) is 8.92. The first-order chi connectivity index (χ1) is 6.06. The number of nitrogens with two attached hydrogens (primary N) is 2. The van der Waals surface area contributed by atoms with Gasteiger partial charge in [0.25, 0.3) is 11.5 Å². The van der Waals surface area contributed by atoms with Crippen LogP contribution >= 0.6 is 0 Å². The number of amides is 1. The Morgan fingerprint density at radius 1 is 1.36 bits per heavy atom. The van der Waals surface area contributed by atoms with Crippen LogP contribution in [0.5, 0.6) is 0 Å². The smallest absolute Gasteiger partial charge is 0.264 e. The fourth-order valence-corrected chi connectivity index (χ4v) is 2.26. The van der Waals surface area contributed by atoms with Crippen molar-refractivity contribution in [2.24, 2.45) is 5.73 Å². The highest BCUT2D eigenvalue weighted by atomic mass is 16.3. The van der Waals surface area contributed by atoms with Crippen molar-refractivity contribution in [3.8, 4) is 0 Å². The molecule has 5 nitrogen and oxygen atoms in total. The monoisotopic (exact) mass is 201 g/mol. The molecule has 1 rings (SSSR count). The Hall–Kier alpha value is -0.940. The van der Waals surface area contributed by atoms with E-state index in [-0.39, 0.29) is 0 Å². The van der Waals surface area contributed by atoms with E-state index in [1.807, 2.05) is 0 Å². The van der Waals surface area contributed by atoms with E-state index in [2.05, 4.69) is 0 Å².